The quantitative estimate of drug-likeness (QED) is 0.411. The van der Waals surface area contributed by atoms with Crippen molar-refractivity contribution < 1.29 is 9.47 Å². The summed E-state index contributed by atoms with van der Waals surface area (Å²) in [4.78, 5) is 18.0. The first-order valence-corrected chi connectivity index (χ1v) is 9.55. The highest BCUT2D eigenvalue weighted by atomic mass is 28.2. The van der Waals surface area contributed by atoms with Crippen molar-refractivity contribution in [3.8, 4) is 11.5 Å². The van der Waals surface area contributed by atoms with Crippen LogP contribution >= 0.6 is 0 Å². The molecule has 0 saturated carbocycles. The van der Waals surface area contributed by atoms with Crippen LogP contribution in [0.25, 0.3) is 0 Å². The number of aliphatic imine (C=N–C) groups is 1. The number of hydrogen-bond donors (Lipinski definition) is 2. The molecule has 0 bridgehead atoms. The zero-order valence-corrected chi connectivity index (χ0v) is 15.1. The van der Waals surface area contributed by atoms with E-state index in [2.05, 4.69) is 16.5 Å². The van der Waals surface area contributed by atoms with E-state index >= 15 is 0 Å². The molecule has 7 heteroatoms. The minimum Gasteiger partial charge on any atom is -0.456 e. The number of nitrogens with one attached hydrogen (secondary N) is 1. The Bertz CT molecular complexity index is 749. The highest BCUT2D eigenvalue weighted by Gasteiger charge is 2.02. The summed E-state index contributed by atoms with van der Waals surface area (Å²) in [6.45, 7) is 3.16. The Hall–Kier alpha value is -2.64. The van der Waals surface area contributed by atoms with Crippen LogP contribution in [0.5, 0.6) is 11.5 Å². The van der Waals surface area contributed by atoms with Crippen molar-refractivity contribution >= 4 is 15.2 Å². The number of aromatic amines is 1. The van der Waals surface area contributed by atoms with Crippen molar-refractivity contribution in [3.63, 3.8) is 0 Å². The van der Waals surface area contributed by atoms with Crippen molar-refractivity contribution in [3.05, 3.63) is 70.8 Å². The number of nitrogens with zero attached hydrogens (tertiary/aromatic N) is 1. The maximum atomic E-state index is 11.0. The van der Waals surface area contributed by atoms with Crippen molar-refractivity contribution in [2.75, 3.05) is 13.3 Å². The predicted octanol–water partition coefficient (Wildman–Crippen LogP) is 2.57. The van der Waals surface area contributed by atoms with Crippen LogP contribution in [0.4, 0.5) is 0 Å². The molecule has 0 unspecified atom stereocenters. The fraction of sp³-hybridized carbons (Fsp3) is 0.222. The number of H-pyrrole nitrogens is 1. The Balaban J connectivity index is 2.03. The number of rotatable bonds is 9. The molecule has 2 radical (unpaired) electrons. The van der Waals surface area contributed by atoms with Gasteiger partial charge in [0.2, 0.25) is 5.56 Å². The highest BCUT2D eigenvalue weighted by molar-refractivity contribution is 6.33. The molecule has 3 N–H and O–H groups in total. The van der Waals surface area contributed by atoms with E-state index in [-0.39, 0.29) is 5.56 Å². The Kier molecular flexibility index (Phi) is 7.68. The first-order chi connectivity index (χ1) is 12.2. The Labute approximate surface area is 149 Å². The van der Waals surface area contributed by atoms with Crippen LogP contribution in [-0.4, -0.2) is 33.6 Å². The average molecular weight is 355 g/mol. The fourth-order valence-corrected chi connectivity index (χ4v) is 2.32. The molecule has 0 amide bonds. The summed E-state index contributed by atoms with van der Waals surface area (Å²) < 4.78 is 11.2. The van der Waals surface area contributed by atoms with Crippen LogP contribution < -0.4 is 16.0 Å². The predicted molar refractivity (Wildman–Crippen MR) is 101 cm³/mol. The second kappa shape index (κ2) is 10.3. The Morgan fingerprint density at radius 2 is 2.00 bits per heavy atom. The summed E-state index contributed by atoms with van der Waals surface area (Å²) in [5, 5.41) is 0. The molecule has 25 heavy (non-hydrogen) atoms. The number of nitrogens with two attached hydrogens (primary N) is 1. The van der Waals surface area contributed by atoms with Crippen LogP contribution in [0.3, 0.4) is 0 Å². The lowest BCUT2D eigenvalue weighted by molar-refractivity contribution is 0.156. The largest absolute Gasteiger partial charge is 0.456 e. The molecule has 0 aliphatic carbocycles. The smallest absolute Gasteiger partial charge is 0.248 e. The molecule has 6 nitrogen and oxygen atoms in total. The third-order valence-electron chi connectivity index (χ3n) is 3.22. The third kappa shape index (κ3) is 6.40. The minimum absolute atomic E-state index is 0.168. The number of benzene rings is 1. The summed E-state index contributed by atoms with van der Waals surface area (Å²) in [6, 6.07) is 11.5. The van der Waals surface area contributed by atoms with Crippen LogP contribution in [-0.2, 0) is 4.74 Å². The molecule has 0 aliphatic heterocycles. The first kappa shape index (κ1) is 18.7. The van der Waals surface area contributed by atoms with Crippen molar-refractivity contribution in [1.29, 1.82) is 0 Å². The molecule has 1 heterocycles. The Morgan fingerprint density at radius 1 is 1.24 bits per heavy atom. The zero-order valence-electron chi connectivity index (χ0n) is 14.1. The van der Waals surface area contributed by atoms with Crippen molar-refractivity contribution in [2.24, 2.45) is 10.7 Å². The monoisotopic (exact) mass is 355 g/mol. The van der Waals surface area contributed by atoms with Gasteiger partial charge in [0, 0.05) is 34.0 Å². The molecular formula is C18H21N3O3Si. The van der Waals surface area contributed by atoms with E-state index in [1.165, 1.54) is 18.5 Å². The number of aromatic nitrogens is 1. The number of pyridine rings is 1. The van der Waals surface area contributed by atoms with Gasteiger partial charge in [-0.25, -0.2) is 0 Å². The molecule has 0 atom stereocenters. The van der Waals surface area contributed by atoms with Gasteiger partial charge in [-0.05, 0) is 48.7 Å². The molecule has 130 valence electrons. The van der Waals surface area contributed by atoms with Crippen LogP contribution in [0.2, 0.25) is 12.6 Å². The zero-order chi connectivity index (χ0) is 17.9. The molecule has 1 aromatic carbocycles. The lowest BCUT2D eigenvalue weighted by Gasteiger charge is -2.07. The lowest BCUT2D eigenvalue weighted by atomic mass is 10.1. The van der Waals surface area contributed by atoms with Crippen LogP contribution in [0.15, 0.2) is 64.7 Å². The molecule has 0 aliphatic rings. The SMILES string of the molecule is C[Si]CCOCN=C(C=CN)c1ccc(Oc2ccc(=O)[nH]c2)cc1. The van der Waals surface area contributed by atoms with E-state index in [0.29, 0.717) is 24.8 Å². The van der Waals surface area contributed by atoms with Gasteiger partial charge in [0.1, 0.15) is 18.2 Å². The van der Waals surface area contributed by atoms with Crippen LogP contribution in [0, 0.1) is 0 Å². The van der Waals surface area contributed by atoms with Crippen LogP contribution in [0.1, 0.15) is 5.56 Å². The summed E-state index contributed by atoms with van der Waals surface area (Å²) in [5.41, 5.74) is 7.00. The molecular weight excluding hydrogens is 334 g/mol. The average Bonchev–Trinajstić information content (AvgIpc) is 2.63. The van der Waals surface area contributed by atoms with E-state index in [1.807, 2.05) is 24.3 Å². The maximum absolute atomic E-state index is 11.0. The molecule has 0 saturated heterocycles. The van der Waals surface area contributed by atoms with Gasteiger partial charge in [-0.3, -0.25) is 9.79 Å². The number of hydrogen-bond acceptors (Lipinski definition) is 5. The van der Waals surface area contributed by atoms with Gasteiger partial charge < -0.3 is 20.2 Å². The second-order valence-corrected chi connectivity index (χ2v) is 6.27. The first-order valence-electron chi connectivity index (χ1n) is 7.85. The summed E-state index contributed by atoms with van der Waals surface area (Å²) >= 11 is 0. The van der Waals surface area contributed by atoms with Gasteiger partial charge in [0.15, 0.2) is 0 Å². The standard InChI is InChI=1S/C18H21N3O3Si/c1-25-11-10-23-13-21-17(8-9-19)14-2-4-15(5-3-14)24-16-6-7-18(22)20-12-16/h2-9,12H,10-11,13,19H2,1H3,(H,20,22). The van der Waals surface area contributed by atoms with Crippen molar-refractivity contribution in [1.82, 2.24) is 4.98 Å². The lowest BCUT2D eigenvalue weighted by Crippen LogP contribution is -2.03. The Morgan fingerprint density at radius 3 is 2.64 bits per heavy atom. The van der Waals surface area contributed by atoms with Gasteiger partial charge in [-0.1, -0.05) is 6.55 Å². The summed E-state index contributed by atoms with van der Waals surface area (Å²) in [5.74, 6) is 1.22. The van der Waals surface area contributed by atoms with Gasteiger partial charge in [-0.2, -0.15) is 0 Å². The number of ether oxygens (including phenoxy) is 2. The number of allylic oxidation sites excluding steroid dienone is 1. The molecule has 2 rings (SSSR count). The molecule has 0 fully saturated rings. The van der Waals surface area contributed by atoms with Gasteiger partial charge in [0.05, 0.1) is 5.71 Å². The topological polar surface area (TPSA) is 89.7 Å². The van der Waals surface area contributed by atoms with Gasteiger partial charge in [0.25, 0.3) is 0 Å². The van der Waals surface area contributed by atoms with Gasteiger partial charge >= 0.3 is 0 Å². The third-order valence-corrected chi connectivity index (χ3v) is 3.92. The van der Waals surface area contributed by atoms with E-state index < -0.39 is 0 Å². The van der Waals surface area contributed by atoms with E-state index in [9.17, 15) is 4.79 Å². The minimum atomic E-state index is -0.168. The summed E-state index contributed by atoms with van der Waals surface area (Å²) in [7, 11) is 0.881. The normalized spacial score (nSPS) is 11.8. The molecule has 1 aromatic heterocycles. The maximum Gasteiger partial charge on any atom is 0.248 e. The summed E-state index contributed by atoms with van der Waals surface area (Å²) in [6.07, 6.45) is 4.72. The van der Waals surface area contributed by atoms with E-state index in [4.69, 9.17) is 15.2 Å². The second-order valence-electron chi connectivity index (χ2n) is 5.06. The molecule has 2 aromatic rings. The highest BCUT2D eigenvalue weighted by Crippen LogP contribution is 2.20. The van der Waals surface area contributed by atoms with Crippen molar-refractivity contribution in [2.45, 2.75) is 12.6 Å². The van der Waals surface area contributed by atoms with E-state index in [1.54, 1.807) is 12.1 Å². The van der Waals surface area contributed by atoms with Gasteiger partial charge in [-0.15, -0.1) is 0 Å². The molecule has 0 spiro atoms. The fourth-order valence-electron chi connectivity index (χ4n) is 1.97. The van der Waals surface area contributed by atoms with E-state index in [0.717, 1.165) is 26.8 Å².